The van der Waals surface area contributed by atoms with E-state index >= 15 is 0 Å². The van der Waals surface area contributed by atoms with E-state index in [4.69, 9.17) is 16.7 Å². The molecule has 0 heterocycles. The Morgan fingerprint density at radius 1 is 1.47 bits per heavy atom. The van der Waals surface area contributed by atoms with Crippen LogP contribution in [0.15, 0.2) is 18.2 Å². The van der Waals surface area contributed by atoms with Crippen LogP contribution in [0.5, 0.6) is 0 Å². The molecule has 0 radical (unpaired) electrons. The van der Waals surface area contributed by atoms with Crippen LogP contribution in [-0.4, -0.2) is 23.5 Å². The van der Waals surface area contributed by atoms with Crippen LogP contribution in [0.3, 0.4) is 0 Å². The lowest BCUT2D eigenvalue weighted by molar-refractivity contribution is -0.141. The van der Waals surface area contributed by atoms with E-state index in [0.717, 1.165) is 9.99 Å². The number of carboxylic acids is 1. The number of aliphatic carboxylic acids is 1. The van der Waals surface area contributed by atoms with Gasteiger partial charge in [-0.05, 0) is 47.2 Å². The highest BCUT2D eigenvalue weighted by Crippen LogP contribution is 2.18. The molecular weight excluding hydrogens is 381 g/mol. The summed E-state index contributed by atoms with van der Waals surface area (Å²) in [7, 11) is 0. The SMILES string of the molecule is CCCC(CNC(=O)c1cc(Cl)ccc1I)C(=O)O. The van der Waals surface area contributed by atoms with Gasteiger partial charge in [-0.2, -0.15) is 0 Å². The van der Waals surface area contributed by atoms with Gasteiger partial charge in [0.05, 0.1) is 11.5 Å². The van der Waals surface area contributed by atoms with Crippen molar-refractivity contribution in [3.05, 3.63) is 32.4 Å². The number of halogens is 2. The van der Waals surface area contributed by atoms with Crippen LogP contribution in [0.25, 0.3) is 0 Å². The Labute approximate surface area is 130 Å². The van der Waals surface area contributed by atoms with Gasteiger partial charge < -0.3 is 10.4 Å². The largest absolute Gasteiger partial charge is 0.481 e. The van der Waals surface area contributed by atoms with Crippen molar-refractivity contribution in [2.45, 2.75) is 19.8 Å². The summed E-state index contributed by atoms with van der Waals surface area (Å²) in [5, 5.41) is 12.1. The Balaban J connectivity index is 2.69. The first-order chi connectivity index (χ1) is 8.95. The predicted octanol–water partition coefficient (Wildman–Crippen LogP) is 3.18. The number of nitrogens with one attached hydrogen (secondary N) is 1. The number of carbonyl (C=O) groups is 2. The van der Waals surface area contributed by atoms with Gasteiger partial charge in [0.25, 0.3) is 5.91 Å². The van der Waals surface area contributed by atoms with E-state index in [1.807, 2.05) is 29.5 Å². The zero-order valence-corrected chi connectivity index (χ0v) is 13.4. The smallest absolute Gasteiger partial charge is 0.308 e. The Kier molecular flexibility index (Phi) is 6.57. The molecule has 1 unspecified atom stereocenters. The molecule has 0 aliphatic heterocycles. The van der Waals surface area contributed by atoms with E-state index in [1.165, 1.54) is 0 Å². The third-order valence-electron chi connectivity index (χ3n) is 2.67. The van der Waals surface area contributed by atoms with Crippen molar-refractivity contribution in [2.24, 2.45) is 5.92 Å². The van der Waals surface area contributed by atoms with Gasteiger partial charge in [0.15, 0.2) is 0 Å². The molecule has 1 atom stereocenters. The van der Waals surface area contributed by atoms with Crippen LogP contribution in [0, 0.1) is 9.49 Å². The molecule has 4 nitrogen and oxygen atoms in total. The fourth-order valence-corrected chi connectivity index (χ4v) is 2.40. The molecule has 19 heavy (non-hydrogen) atoms. The van der Waals surface area contributed by atoms with Crippen molar-refractivity contribution in [1.29, 1.82) is 0 Å². The average Bonchev–Trinajstić information content (AvgIpc) is 2.36. The lowest BCUT2D eigenvalue weighted by atomic mass is 10.0. The summed E-state index contributed by atoms with van der Waals surface area (Å²) in [6.45, 7) is 2.04. The maximum Gasteiger partial charge on any atom is 0.308 e. The minimum absolute atomic E-state index is 0.130. The highest BCUT2D eigenvalue weighted by atomic mass is 127. The Morgan fingerprint density at radius 3 is 2.74 bits per heavy atom. The zero-order valence-electron chi connectivity index (χ0n) is 10.5. The van der Waals surface area contributed by atoms with E-state index < -0.39 is 11.9 Å². The molecule has 0 aliphatic rings. The third-order valence-corrected chi connectivity index (χ3v) is 3.84. The van der Waals surface area contributed by atoms with E-state index in [-0.39, 0.29) is 12.5 Å². The standard InChI is InChI=1S/C13H15ClINO3/c1-2-3-8(13(18)19)7-16-12(17)10-6-9(14)4-5-11(10)15/h4-6,8H,2-3,7H2,1H3,(H,16,17)(H,18,19). The van der Waals surface area contributed by atoms with E-state index in [2.05, 4.69) is 5.32 Å². The maximum absolute atomic E-state index is 12.0. The van der Waals surface area contributed by atoms with Crippen molar-refractivity contribution >= 4 is 46.1 Å². The molecule has 0 bridgehead atoms. The molecule has 0 saturated carbocycles. The van der Waals surface area contributed by atoms with Crippen molar-refractivity contribution in [2.75, 3.05) is 6.54 Å². The van der Waals surface area contributed by atoms with Gasteiger partial charge in [-0.25, -0.2) is 0 Å². The first-order valence-corrected chi connectivity index (χ1v) is 7.37. The number of hydrogen-bond acceptors (Lipinski definition) is 2. The molecule has 1 aromatic carbocycles. The minimum atomic E-state index is -0.886. The molecule has 2 N–H and O–H groups in total. The predicted molar refractivity (Wildman–Crippen MR) is 82.5 cm³/mol. The second kappa shape index (κ2) is 7.69. The third kappa shape index (κ3) is 4.99. The van der Waals surface area contributed by atoms with Gasteiger partial charge in [-0.1, -0.05) is 24.9 Å². The van der Waals surface area contributed by atoms with Crippen molar-refractivity contribution in [3.8, 4) is 0 Å². The van der Waals surface area contributed by atoms with Crippen LogP contribution >= 0.6 is 34.2 Å². The Hall–Kier alpha value is -0.820. The zero-order chi connectivity index (χ0) is 14.4. The van der Waals surface area contributed by atoms with Gasteiger partial charge in [-0.15, -0.1) is 0 Å². The van der Waals surface area contributed by atoms with E-state index in [9.17, 15) is 9.59 Å². The molecule has 0 aliphatic carbocycles. The highest BCUT2D eigenvalue weighted by Gasteiger charge is 2.18. The molecule has 1 amide bonds. The van der Waals surface area contributed by atoms with Crippen LogP contribution in [0.2, 0.25) is 5.02 Å². The van der Waals surface area contributed by atoms with Gasteiger partial charge in [0.1, 0.15) is 0 Å². The first-order valence-electron chi connectivity index (χ1n) is 5.91. The molecule has 1 aromatic rings. The number of carboxylic acid groups (broad SMARTS) is 1. The van der Waals surface area contributed by atoms with Crippen LogP contribution in [0.1, 0.15) is 30.1 Å². The number of amides is 1. The second-order valence-corrected chi connectivity index (χ2v) is 5.76. The summed E-state index contributed by atoms with van der Waals surface area (Å²) in [5.41, 5.74) is 0.466. The number of rotatable bonds is 6. The molecule has 0 fully saturated rings. The molecule has 104 valence electrons. The van der Waals surface area contributed by atoms with Crippen LogP contribution < -0.4 is 5.32 Å². The molecule has 0 aromatic heterocycles. The van der Waals surface area contributed by atoms with Gasteiger partial charge in [0, 0.05) is 15.1 Å². The summed E-state index contributed by atoms with van der Waals surface area (Å²) in [6.07, 6.45) is 1.31. The maximum atomic E-state index is 12.0. The Bertz CT molecular complexity index is 479. The topological polar surface area (TPSA) is 66.4 Å². The van der Waals surface area contributed by atoms with Crippen molar-refractivity contribution in [3.63, 3.8) is 0 Å². The normalized spacial score (nSPS) is 11.9. The average molecular weight is 396 g/mol. The number of carbonyl (C=O) groups excluding carboxylic acids is 1. The Morgan fingerprint density at radius 2 is 2.16 bits per heavy atom. The van der Waals surface area contributed by atoms with E-state index in [1.54, 1.807) is 18.2 Å². The molecule has 1 rings (SSSR count). The fourth-order valence-electron chi connectivity index (χ4n) is 1.64. The summed E-state index contributed by atoms with van der Waals surface area (Å²) in [6, 6.07) is 5.03. The van der Waals surface area contributed by atoms with Gasteiger partial charge in [-0.3, -0.25) is 9.59 Å². The van der Waals surface area contributed by atoms with Crippen LogP contribution in [0.4, 0.5) is 0 Å². The van der Waals surface area contributed by atoms with Crippen molar-refractivity contribution < 1.29 is 14.7 Å². The lowest BCUT2D eigenvalue weighted by Gasteiger charge is -2.13. The van der Waals surface area contributed by atoms with Crippen LogP contribution in [-0.2, 0) is 4.79 Å². The number of hydrogen-bond donors (Lipinski definition) is 2. The van der Waals surface area contributed by atoms with Crippen molar-refractivity contribution in [1.82, 2.24) is 5.32 Å². The van der Waals surface area contributed by atoms with E-state index in [0.29, 0.717) is 17.0 Å². The molecular formula is C13H15ClINO3. The summed E-state index contributed by atoms with van der Waals surface area (Å²) in [4.78, 5) is 23.0. The summed E-state index contributed by atoms with van der Waals surface area (Å²) >= 11 is 7.89. The lowest BCUT2D eigenvalue weighted by Crippen LogP contribution is -2.33. The van der Waals surface area contributed by atoms with Gasteiger partial charge in [0.2, 0.25) is 0 Å². The fraction of sp³-hybridized carbons (Fsp3) is 0.385. The minimum Gasteiger partial charge on any atom is -0.481 e. The summed E-state index contributed by atoms with van der Waals surface area (Å²) < 4.78 is 0.780. The monoisotopic (exact) mass is 395 g/mol. The summed E-state index contributed by atoms with van der Waals surface area (Å²) in [5.74, 6) is -1.73. The molecule has 0 spiro atoms. The molecule has 6 heteroatoms. The second-order valence-electron chi connectivity index (χ2n) is 4.16. The first kappa shape index (κ1) is 16.2. The number of benzene rings is 1. The quantitative estimate of drug-likeness (QED) is 0.727. The molecule has 0 saturated heterocycles. The highest BCUT2D eigenvalue weighted by molar-refractivity contribution is 14.1. The van der Waals surface area contributed by atoms with Gasteiger partial charge >= 0.3 is 5.97 Å².